The van der Waals surface area contributed by atoms with Crippen molar-refractivity contribution in [2.75, 3.05) is 26.3 Å². The largest absolute Gasteiger partial charge is 0.378 e. The zero-order valence-electron chi connectivity index (χ0n) is 8.80. The molecule has 1 unspecified atom stereocenters. The molecule has 0 bridgehead atoms. The normalized spacial score (nSPS) is 23.2. The third kappa shape index (κ3) is 4.04. The molecule has 0 aromatic carbocycles. The number of amides is 1. The molecular weight excluding hydrogens is 182 g/mol. The summed E-state index contributed by atoms with van der Waals surface area (Å²) in [5.41, 5.74) is 5.38. The Hall–Kier alpha value is -0.650. The van der Waals surface area contributed by atoms with Crippen LogP contribution in [0.3, 0.4) is 0 Å². The SMILES string of the molecule is CC(C)(N)CNC(=O)C1COCCN1. The van der Waals surface area contributed by atoms with Crippen LogP contribution in [0.5, 0.6) is 0 Å². The quantitative estimate of drug-likeness (QED) is 0.537. The first kappa shape index (κ1) is 11.4. The molecule has 0 saturated carbocycles. The molecular formula is C9H19N3O2. The van der Waals surface area contributed by atoms with E-state index in [0.717, 1.165) is 6.54 Å². The van der Waals surface area contributed by atoms with E-state index in [-0.39, 0.29) is 17.5 Å². The number of morpholine rings is 1. The Morgan fingerprint density at radius 1 is 1.71 bits per heavy atom. The number of hydrogen-bond donors (Lipinski definition) is 3. The smallest absolute Gasteiger partial charge is 0.239 e. The number of rotatable bonds is 3. The predicted octanol–water partition coefficient (Wildman–Crippen LogP) is -1.17. The van der Waals surface area contributed by atoms with Gasteiger partial charge in [-0.05, 0) is 13.8 Å². The zero-order valence-corrected chi connectivity index (χ0v) is 8.80. The first-order valence-corrected chi connectivity index (χ1v) is 4.87. The zero-order chi connectivity index (χ0) is 10.6. The second-order valence-electron chi connectivity index (χ2n) is 4.29. The number of hydrogen-bond acceptors (Lipinski definition) is 4. The maximum atomic E-state index is 11.5. The minimum atomic E-state index is -0.370. The topological polar surface area (TPSA) is 76.4 Å². The summed E-state index contributed by atoms with van der Waals surface area (Å²) in [5.74, 6) is -0.0387. The van der Waals surface area contributed by atoms with Crippen molar-refractivity contribution in [3.8, 4) is 0 Å². The number of carbonyl (C=O) groups excluding carboxylic acids is 1. The van der Waals surface area contributed by atoms with E-state index in [9.17, 15) is 4.79 Å². The molecule has 1 amide bonds. The average Bonchev–Trinajstić information content (AvgIpc) is 2.14. The molecule has 1 heterocycles. The lowest BCUT2D eigenvalue weighted by Crippen LogP contribution is -2.54. The van der Waals surface area contributed by atoms with Crippen LogP contribution in [0, 0.1) is 0 Å². The highest BCUT2D eigenvalue weighted by molar-refractivity contribution is 5.82. The van der Waals surface area contributed by atoms with Gasteiger partial charge in [0, 0.05) is 18.6 Å². The summed E-state index contributed by atoms with van der Waals surface area (Å²) in [7, 11) is 0. The van der Waals surface area contributed by atoms with Gasteiger partial charge in [0.2, 0.25) is 5.91 Å². The Bertz CT molecular complexity index is 195. The molecule has 4 N–H and O–H groups in total. The summed E-state index contributed by atoms with van der Waals surface area (Å²) in [6, 6.07) is -0.230. The molecule has 1 saturated heterocycles. The van der Waals surface area contributed by atoms with E-state index in [1.165, 1.54) is 0 Å². The van der Waals surface area contributed by atoms with Gasteiger partial charge >= 0.3 is 0 Å². The van der Waals surface area contributed by atoms with Crippen molar-refractivity contribution in [2.45, 2.75) is 25.4 Å². The van der Waals surface area contributed by atoms with E-state index in [0.29, 0.717) is 19.8 Å². The molecule has 1 fully saturated rings. The van der Waals surface area contributed by atoms with Gasteiger partial charge in [0.05, 0.1) is 13.2 Å². The molecule has 14 heavy (non-hydrogen) atoms. The highest BCUT2D eigenvalue weighted by Crippen LogP contribution is 1.96. The molecule has 1 aliphatic rings. The number of nitrogens with one attached hydrogen (secondary N) is 2. The van der Waals surface area contributed by atoms with Crippen LogP contribution in [0.4, 0.5) is 0 Å². The van der Waals surface area contributed by atoms with Gasteiger partial charge in [0.25, 0.3) is 0 Å². The first-order chi connectivity index (χ1) is 6.49. The Labute approximate surface area is 84.4 Å². The van der Waals surface area contributed by atoms with Gasteiger partial charge < -0.3 is 21.1 Å². The fourth-order valence-corrected chi connectivity index (χ4v) is 1.17. The van der Waals surface area contributed by atoms with Crippen LogP contribution in [-0.2, 0) is 9.53 Å². The molecule has 0 spiro atoms. The Morgan fingerprint density at radius 3 is 2.93 bits per heavy atom. The van der Waals surface area contributed by atoms with Crippen LogP contribution in [0.1, 0.15) is 13.8 Å². The predicted molar refractivity (Wildman–Crippen MR) is 53.9 cm³/mol. The molecule has 0 radical (unpaired) electrons. The van der Waals surface area contributed by atoms with Crippen molar-refractivity contribution in [2.24, 2.45) is 5.73 Å². The van der Waals surface area contributed by atoms with E-state index >= 15 is 0 Å². The van der Waals surface area contributed by atoms with E-state index < -0.39 is 0 Å². The van der Waals surface area contributed by atoms with Gasteiger partial charge in [-0.1, -0.05) is 0 Å². The maximum Gasteiger partial charge on any atom is 0.239 e. The summed E-state index contributed by atoms with van der Waals surface area (Å²) < 4.78 is 5.18. The third-order valence-corrected chi connectivity index (χ3v) is 1.96. The van der Waals surface area contributed by atoms with Crippen molar-refractivity contribution >= 4 is 5.91 Å². The number of ether oxygens (including phenoxy) is 1. The average molecular weight is 201 g/mol. The van der Waals surface area contributed by atoms with Crippen LogP contribution < -0.4 is 16.4 Å². The molecule has 0 aliphatic carbocycles. The summed E-state index contributed by atoms with van der Waals surface area (Å²) in [5, 5.41) is 5.86. The van der Waals surface area contributed by atoms with Crippen LogP contribution in [0.25, 0.3) is 0 Å². The molecule has 1 atom stereocenters. The minimum absolute atomic E-state index is 0.0387. The molecule has 82 valence electrons. The van der Waals surface area contributed by atoms with Crippen molar-refractivity contribution in [1.29, 1.82) is 0 Å². The lowest BCUT2D eigenvalue weighted by atomic mass is 10.1. The molecule has 0 aromatic rings. The third-order valence-electron chi connectivity index (χ3n) is 1.96. The highest BCUT2D eigenvalue weighted by atomic mass is 16.5. The van der Waals surface area contributed by atoms with Crippen molar-refractivity contribution in [1.82, 2.24) is 10.6 Å². The fraction of sp³-hybridized carbons (Fsp3) is 0.889. The summed E-state index contributed by atoms with van der Waals surface area (Å²) >= 11 is 0. The molecule has 5 nitrogen and oxygen atoms in total. The second-order valence-corrected chi connectivity index (χ2v) is 4.29. The van der Waals surface area contributed by atoms with E-state index in [1.54, 1.807) is 0 Å². The maximum absolute atomic E-state index is 11.5. The Kier molecular flexibility index (Phi) is 3.86. The standard InChI is InChI=1S/C9H19N3O2/c1-9(2,10)6-12-8(13)7-5-14-4-3-11-7/h7,11H,3-6,10H2,1-2H3,(H,12,13). The van der Waals surface area contributed by atoms with Crippen molar-refractivity contribution in [3.05, 3.63) is 0 Å². The molecule has 0 aromatic heterocycles. The van der Waals surface area contributed by atoms with Crippen LogP contribution in [-0.4, -0.2) is 43.8 Å². The van der Waals surface area contributed by atoms with Gasteiger partial charge in [-0.15, -0.1) is 0 Å². The first-order valence-electron chi connectivity index (χ1n) is 4.87. The van der Waals surface area contributed by atoms with Gasteiger partial charge in [-0.2, -0.15) is 0 Å². The lowest BCUT2D eigenvalue weighted by Gasteiger charge is -2.25. The molecule has 1 aliphatic heterocycles. The lowest BCUT2D eigenvalue weighted by molar-refractivity contribution is -0.126. The van der Waals surface area contributed by atoms with Gasteiger partial charge in [-0.25, -0.2) is 0 Å². The molecule has 5 heteroatoms. The van der Waals surface area contributed by atoms with Crippen LogP contribution >= 0.6 is 0 Å². The highest BCUT2D eigenvalue weighted by Gasteiger charge is 2.22. The van der Waals surface area contributed by atoms with Crippen LogP contribution in [0.2, 0.25) is 0 Å². The summed E-state index contributed by atoms with van der Waals surface area (Å²) in [4.78, 5) is 11.5. The second kappa shape index (κ2) is 4.72. The Morgan fingerprint density at radius 2 is 2.43 bits per heavy atom. The minimum Gasteiger partial charge on any atom is -0.378 e. The fourth-order valence-electron chi connectivity index (χ4n) is 1.17. The number of nitrogens with two attached hydrogens (primary N) is 1. The van der Waals surface area contributed by atoms with E-state index in [1.807, 2.05) is 13.8 Å². The van der Waals surface area contributed by atoms with E-state index in [4.69, 9.17) is 10.5 Å². The van der Waals surface area contributed by atoms with Gasteiger partial charge in [0.15, 0.2) is 0 Å². The van der Waals surface area contributed by atoms with Gasteiger partial charge in [-0.3, -0.25) is 4.79 Å². The van der Waals surface area contributed by atoms with Crippen LogP contribution in [0.15, 0.2) is 0 Å². The van der Waals surface area contributed by atoms with E-state index in [2.05, 4.69) is 10.6 Å². The number of carbonyl (C=O) groups is 1. The van der Waals surface area contributed by atoms with Gasteiger partial charge in [0.1, 0.15) is 6.04 Å². The summed E-state index contributed by atoms with van der Waals surface area (Å²) in [6.07, 6.45) is 0. The van der Waals surface area contributed by atoms with Crippen molar-refractivity contribution < 1.29 is 9.53 Å². The summed E-state index contributed by atoms with van der Waals surface area (Å²) in [6.45, 7) is 6.06. The molecule has 1 rings (SSSR count). The monoisotopic (exact) mass is 201 g/mol. The van der Waals surface area contributed by atoms with Crippen molar-refractivity contribution in [3.63, 3.8) is 0 Å². The Balaban J connectivity index is 2.27.